The fourth-order valence-corrected chi connectivity index (χ4v) is 4.45. The van der Waals surface area contributed by atoms with Crippen LogP contribution in [0.25, 0.3) is 0 Å². The van der Waals surface area contributed by atoms with Gasteiger partial charge in [-0.3, -0.25) is 0 Å². The quantitative estimate of drug-likeness (QED) is 0.733. The van der Waals surface area contributed by atoms with Crippen LogP contribution in [0.3, 0.4) is 0 Å². The van der Waals surface area contributed by atoms with Crippen molar-refractivity contribution in [3.8, 4) is 0 Å². The van der Waals surface area contributed by atoms with Crippen molar-refractivity contribution in [1.82, 2.24) is 0 Å². The van der Waals surface area contributed by atoms with E-state index < -0.39 is 26.5 Å². The lowest BCUT2D eigenvalue weighted by Crippen LogP contribution is -2.22. The van der Waals surface area contributed by atoms with Gasteiger partial charge in [0.25, 0.3) is 0 Å². The summed E-state index contributed by atoms with van der Waals surface area (Å²) in [6.07, 6.45) is -3.94. The van der Waals surface area contributed by atoms with Crippen LogP contribution in [-0.4, -0.2) is 14.2 Å². The fourth-order valence-electron chi connectivity index (χ4n) is 1.96. The molecule has 1 heterocycles. The van der Waals surface area contributed by atoms with E-state index >= 15 is 0 Å². The molecule has 0 unspecified atom stereocenters. The molecular weight excluding hydrogens is 321 g/mol. The van der Waals surface area contributed by atoms with Crippen LogP contribution >= 0.6 is 15.9 Å². The molecule has 0 fully saturated rings. The highest BCUT2D eigenvalue weighted by Crippen LogP contribution is 2.41. The highest BCUT2D eigenvalue weighted by molar-refractivity contribution is 9.10. The molecule has 0 amide bonds. The zero-order valence-electron chi connectivity index (χ0n) is 8.51. The Kier molecular flexibility index (Phi) is 3.02. The Bertz CT molecular complexity index is 564. The van der Waals surface area contributed by atoms with Gasteiger partial charge in [-0.1, -0.05) is 15.9 Å². The molecule has 2 rings (SSSR count). The highest BCUT2D eigenvalue weighted by Gasteiger charge is 2.40. The van der Waals surface area contributed by atoms with Gasteiger partial charge in [0.05, 0.1) is 16.2 Å². The number of sulfone groups is 1. The van der Waals surface area contributed by atoms with Crippen molar-refractivity contribution >= 4 is 25.8 Å². The second-order valence-corrected chi connectivity index (χ2v) is 6.72. The Hall–Kier alpha value is -0.560. The van der Waals surface area contributed by atoms with E-state index in [1.165, 1.54) is 6.07 Å². The predicted octanol–water partition coefficient (Wildman–Crippen LogP) is 3.19. The van der Waals surface area contributed by atoms with Crippen LogP contribution in [0.1, 0.15) is 17.5 Å². The normalized spacial score (nSPS) is 18.8. The molecule has 0 radical (unpaired) electrons. The maximum absolute atomic E-state index is 12.8. The Morgan fingerprint density at radius 1 is 1.24 bits per heavy atom. The molecule has 0 saturated heterocycles. The average Bonchev–Trinajstić information content (AvgIpc) is 2.17. The molecule has 1 aliphatic rings. The molecule has 0 atom stereocenters. The summed E-state index contributed by atoms with van der Waals surface area (Å²) in [4.78, 5) is -0.550. The van der Waals surface area contributed by atoms with Crippen LogP contribution in [0.4, 0.5) is 13.2 Å². The standard InChI is InChI=1S/C10H8BrF3O2S/c11-8-4-3-7(10(12,13)14)9-6(8)2-1-5-17(9,15)16/h3-4H,1-2,5H2. The van der Waals surface area contributed by atoms with Gasteiger partial charge >= 0.3 is 6.18 Å². The largest absolute Gasteiger partial charge is 0.417 e. The number of halogens is 4. The van der Waals surface area contributed by atoms with Crippen LogP contribution in [-0.2, 0) is 22.4 Å². The van der Waals surface area contributed by atoms with Crippen molar-refractivity contribution in [3.63, 3.8) is 0 Å². The third-order valence-electron chi connectivity index (χ3n) is 2.66. The maximum Gasteiger partial charge on any atom is 0.417 e. The Balaban J connectivity index is 2.82. The van der Waals surface area contributed by atoms with Gasteiger partial charge < -0.3 is 0 Å². The third-order valence-corrected chi connectivity index (χ3v) is 5.32. The van der Waals surface area contributed by atoms with E-state index in [9.17, 15) is 21.6 Å². The maximum atomic E-state index is 12.8. The number of hydrogen-bond acceptors (Lipinski definition) is 2. The molecular formula is C10H8BrF3O2S. The van der Waals surface area contributed by atoms with Crippen LogP contribution in [0.15, 0.2) is 21.5 Å². The molecule has 1 aliphatic heterocycles. The van der Waals surface area contributed by atoms with Crippen molar-refractivity contribution in [3.05, 3.63) is 27.7 Å². The summed E-state index contributed by atoms with van der Waals surface area (Å²) in [6, 6.07) is 2.06. The molecule has 1 aromatic rings. The first-order valence-electron chi connectivity index (χ1n) is 4.85. The van der Waals surface area contributed by atoms with Crippen LogP contribution in [0.2, 0.25) is 0 Å². The molecule has 2 nitrogen and oxygen atoms in total. The zero-order valence-corrected chi connectivity index (χ0v) is 10.9. The Morgan fingerprint density at radius 3 is 2.47 bits per heavy atom. The van der Waals surface area contributed by atoms with Gasteiger partial charge in [-0.2, -0.15) is 13.2 Å². The minimum absolute atomic E-state index is 0.223. The predicted molar refractivity (Wildman–Crippen MR) is 59.5 cm³/mol. The van der Waals surface area contributed by atoms with Crippen molar-refractivity contribution in [1.29, 1.82) is 0 Å². The molecule has 0 aromatic heterocycles. The van der Waals surface area contributed by atoms with Crippen molar-refractivity contribution < 1.29 is 21.6 Å². The fraction of sp³-hybridized carbons (Fsp3) is 0.400. The molecule has 0 aliphatic carbocycles. The molecule has 94 valence electrons. The van der Waals surface area contributed by atoms with Crippen LogP contribution < -0.4 is 0 Å². The highest BCUT2D eigenvalue weighted by atomic mass is 79.9. The Labute approximate surface area is 105 Å². The van der Waals surface area contributed by atoms with Crippen molar-refractivity contribution in [2.75, 3.05) is 5.75 Å². The second-order valence-electron chi connectivity index (χ2n) is 3.82. The lowest BCUT2D eigenvalue weighted by molar-refractivity contribution is -0.140. The van der Waals surface area contributed by atoms with E-state index in [2.05, 4.69) is 15.9 Å². The van der Waals surface area contributed by atoms with Crippen molar-refractivity contribution in [2.45, 2.75) is 23.9 Å². The minimum atomic E-state index is -4.64. The van der Waals surface area contributed by atoms with E-state index in [4.69, 9.17) is 0 Å². The zero-order chi connectivity index (χ0) is 12.8. The number of alkyl halides is 3. The molecule has 0 N–H and O–H groups in total. The first-order valence-corrected chi connectivity index (χ1v) is 7.29. The lowest BCUT2D eigenvalue weighted by Gasteiger charge is -2.22. The van der Waals surface area contributed by atoms with E-state index in [1.807, 2.05) is 0 Å². The smallest absolute Gasteiger partial charge is 0.224 e. The lowest BCUT2D eigenvalue weighted by atomic mass is 10.1. The van der Waals surface area contributed by atoms with E-state index in [-0.39, 0.29) is 11.3 Å². The monoisotopic (exact) mass is 328 g/mol. The molecule has 0 bridgehead atoms. The number of rotatable bonds is 0. The summed E-state index contributed by atoms with van der Waals surface area (Å²) >= 11 is 3.10. The number of benzene rings is 1. The first-order chi connectivity index (χ1) is 7.73. The number of hydrogen-bond donors (Lipinski definition) is 0. The van der Waals surface area contributed by atoms with E-state index in [1.54, 1.807) is 0 Å². The second kappa shape index (κ2) is 3.98. The summed E-state index contributed by atoms with van der Waals surface area (Å²) in [7, 11) is -3.83. The van der Waals surface area contributed by atoms with Gasteiger partial charge in [-0.05, 0) is 30.5 Å². The third kappa shape index (κ3) is 2.22. The van der Waals surface area contributed by atoms with Crippen LogP contribution in [0, 0.1) is 0 Å². The molecule has 0 spiro atoms. The molecule has 7 heteroatoms. The Morgan fingerprint density at radius 2 is 1.88 bits per heavy atom. The summed E-state index contributed by atoms with van der Waals surface area (Å²) in [6.45, 7) is 0. The van der Waals surface area contributed by atoms with Gasteiger partial charge in [-0.15, -0.1) is 0 Å². The van der Waals surface area contributed by atoms with Gasteiger partial charge in [0, 0.05) is 4.47 Å². The topological polar surface area (TPSA) is 34.1 Å². The average molecular weight is 329 g/mol. The van der Waals surface area contributed by atoms with Crippen molar-refractivity contribution in [2.24, 2.45) is 0 Å². The minimum Gasteiger partial charge on any atom is -0.224 e. The summed E-state index contributed by atoms with van der Waals surface area (Å²) in [5.74, 6) is -0.223. The van der Waals surface area contributed by atoms with E-state index in [0.29, 0.717) is 17.3 Å². The summed E-state index contributed by atoms with van der Waals surface area (Å²) in [5.41, 5.74) is -0.818. The van der Waals surface area contributed by atoms with Crippen LogP contribution in [0.5, 0.6) is 0 Å². The molecule has 0 saturated carbocycles. The molecule has 17 heavy (non-hydrogen) atoms. The van der Waals surface area contributed by atoms with Gasteiger partial charge in [0.1, 0.15) is 0 Å². The van der Waals surface area contributed by atoms with E-state index in [0.717, 1.165) is 6.07 Å². The SMILES string of the molecule is O=S1(=O)CCCc2c(Br)ccc(C(F)(F)F)c21. The van der Waals surface area contributed by atoms with Gasteiger partial charge in [0.15, 0.2) is 9.84 Å². The molecule has 1 aromatic carbocycles. The van der Waals surface area contributed by atoms with Gasteiger partial charge in [-0.25, -0.2) is 8.42 Å². The number of fused-ring (bicyclic) bond motifs is 1. The first kappa shape index (κ1) is 12.9. The summed E-state index contributed by atoms with van der Waals surface area (Å²) in [5, 5.41) is 0. The van der Waals surface area contributed by atoms with Gasteiger partial charge in [0.2, 0.25) is 0 Å². The summed E-state index contributed by atoms with van der Waals surface area (Å²) < 4.78 is 62.3.